The number of ether oxygens (including phenoxy) is 2. The Morgan fingerprint density at radius 1 is 1.31 bits per heavy atom. The number of benzene rings is 1. The third-order valence-corrected chi connectivity index (χ3v) is 5.81. The summed E-state index contributed by atoms with van der Waals surface area (Å²) in [5.74, 6) is 1.93. The molecule has 0 bridgehead atoms. The van der Waals surface area contributed by atoms with Crippen molar-refractivity contribution < 1.29 is 17.9 Å². The molecule has 6 nitrogen and oxygen atoms in total. The van der Waals surface area contributed by atoms with Gasteiger partial charge in [0.2, 0.25) is 10.0 Å². The van der Waals surface area contributed by atoms with Crippen LogP contribution in [0.15, 0.2) is 30.4 Å². The van der Waals surface area contributed by atoms with Gasteiger partial charge in [-0.1, -0.05) is 12.6 Å². The van der Waals surface area contributed by atoms with Crippen LogP contribution in [0.4, 0.5) is 0 Å². The normalized spacial score (nSPS) is 16.4. The van der Waals surface area contributed by atoms with Crippen molar-refractivity contribution >= 4 is 10.0 Å². The molecule has 0 radical (unpaired) electrons. The van der Waals surface area contributed by atoms with Crippen LogP contribution in [0.3, 0.4) is 0 Å². The maximum Gasteiger partial charge on any atom is 0.211 e. The van der Waals surface area contributed by atoms with Crippen molar-refractivity contribution in [3.8, 4) is 11.5 Å². The van der Waals surface area contributed by atoms with Crippen molar-refractivity contribution in [2.24, 2.45) is 5.92 Å². The van der Waals surface area contributed by atoms with E-state index in [1.807, 2.05) is 25.1 Å². The molecule has 0 aromatic heterocycles. The summed E-state index contributed by atoms with van der Waals surface area (Å²) >= 11 is 0. The molecule has 0 saturated carbocycles. The predicted molar refractivity (Wildman–Crippen MR) is 104 cm³/mol. The van der Waals surface area contributed by atoms with E-state index in [-0.39, 0.29) is 0 Å². The van der Waals surface area contributed by atoms with Gasteiger partial charge in [-0.15, -0.1) is 0 Å². The summed E-state index contributed by atoms with van der Waals surface area (Å²) < 4.78 is 35.8. The van der Waals surface area contributed by atoms with E-state index in [0.717, 1.165) is 42.8 Å². The van der Waals surface area contributed by atoms with Gasteiger partial charge in [-0.2, -0.15) is 0 Å². The number of nitrogens with one attached hydrogen (secondary N) is 1. The minimum atomic E-state index is -3.05. The Kier molecular flexibility index (Phi) is 7.49. The van der Waals surface area contributed by atoms with Crippen molar-refractivity contribution in [3.05, 3.63) is 35.9 Å². The molecule has 0 spiro atoms. The molecule has 1 aromatic carbocycles. The second kappa shape index (κ2) is 9.39. The zero-order chi connectivity index (χ0) is 19.2. The molecule has 1 aliphatic heterocycles. The highest BCUT2D eigenvalue weighted by Crippen LogP contribution is 2.28. The number of rotatable bonds is 9. The van der Waals surface area contributed by atoms with Gasteiger partial charge < -0.3 is 14.8 Å². The zero-order valence-electron chi connectivity index (χ0n) is 16.0. The summed E-state index contributed by atoms with van der Waals surface area (Å²) in [5, 5.41) is 3.47. The van der Waals surface area contributed by atoms with E-state index in [9.17, 15) is 8.42 Å². The third kappa shape index (κ3) is 6.30. The molecular formula is C19H30N2O4S. The van der Waals surface area contributed by atoms with Crippen LogP contribution in [0.2, 0.25) is 0 Å². The molecule has 1 N–H and O–H groups in total. The molecule has 146 valence electrons. The average molecular weight is 383 g/mol. The fourth-order valence-corrected chi connectivity index (χ4v) is 3.88. The number of hydrogen-bond donors (Lipinski definition) is 1. The standard InChI is InChI=1S/C19H30N2O4S/c1-15(2)14-25-19-11-17(5-6-18(19)24-3)13-20-12-16-7-9-21(10-8-16)26(4,22)23/h5-6,11,16,20H,1,7-10,12-14H2,2-4H3. The van der Waals surface area contributed by atoms with Crippen LogP contribution in [-0.4, -0.2) is 52.3 Å². The van der Waals surface area contributed by atoms with E-state index < -0.39 is 10.0 Å². The Balaban J connectivity index is 1.82. The molecule has 7 heteroatoms. The van der Waals surface area contributed by atoms with E-state index in [1.54, 1.807) is 11.4 Å². The lowest BCUT2D eigenvalue weighted by Gasteiger charge is -2.30. The van der Waals surface area contributed by atoms with Crippen LogP contribution in [-0.2, 0) is 16.6 Å². The van der Waals surface area contributed by atoms with E-state index in [1.165, 1.54) is 6.26 Å². The first-order valence-corrected chi connectivity index (χ1v) is 10.7. The topological polar surface area (TPSA) is 67.9 Å². The molecule has 1 fully saturated rings. The highest BCUT2D eigenvalue weighted by molar-refractivity contribution is 7.88. The Bertz CT molecular complexity index is 710. The Labute approximate surface area is 157 Å². The van der Waals surface area contributed by atoms with E-state index in [2.05, 4.69) is 11.9 Å². The monoisotopic (exact) mass is 382 g/mol. The molecule has 0 amide bonds. The number of piperidine rings is 1. The van der Waals surface area contributed by atoms with Crippen molar-refractivity contribution in [1.82, 2.24) is 9.62 Å². The lowest BCUT2D eigenvalue weighted by atomic mass is 9.98. The predicted octanol–water partition coefficient (Wildman–Crippen LogP) is 2.41. The minimum Gasteiger partial charge on any atom is -0.493 e. The highest BCUT2D eigenvalue weighted by atomic mass is 32.2. The summed E-state index contributed by atoms with van der Waals surface area (Å²) in [4.78, 5) is 0. The average Bonchev–Trinajstić information content (AvgIpc) is 2.59. The first-order chi connectivity index (χ1) is 12.3. The van der Waals surface area contributed by atoms with Gasteiger partial charge in [-0.05, 0) is 55.5 Å². The van der Waals surface area contributed by atoms with Crippen molar-refractivity contribution in [3.63, 3.8) is 0 Å². The molecule has 26 heavy (non-hydrogen) atoms. The lowest BCUT2D eigenvalue weighted by molar-refractivity contribution is 0.268. The maximum atomic E-state index is 11.6. The van der Waals surface area contributed by atoms with Crippen LogP contribution < -0.4 is 14.8 Å². The smallest absolute Gasteiger partial charge is 0.211 e. The quantitative estimate of drug-likeness (QED) is 0.665. The van der Waals surface area contributed by atoms with Gasteiger partial charge in [0.05, 0.1) is 13.4 Å². The second-order valence-electron chi connectivity index (χ2n) is 6.97. The highest BCUT2D eigenvalue weighted by Gasteiger charge is 2.24. The van der Waals surface area contributed by atoms with Crippen LogP contribution in [0.5, 0.6) is 11.5 Å². The van der Waals surface area contributed by atoms with E-state index in [4.69, 9.17) is 9.47 Å². The minimum absolute atomic E-state index is 0.464. The van der Waals surface area contributed by atoms with Gasteiger partial charge in [-0.3, -0.25) is 0 Å². The first-order valence-electron chi connectivity index (χ1n) is 8.89. The first kappa shape index (κ1) is 20.7. The number of hydrogen-bond acceptors (Lipinski definition) is 5. The molecule has 1 saturated heterocycles. The summed E-state index contributed by atoms with van der Waals surface area (Å²) in [6.45, 7) is 9.09. The number of methoxy groups -OCH3 is 1. The second-order valence-corrected chi connectivity index (χ2v) is 8.95. The van der Waals surface area contributed by atoms with Crippen LogP contribution in [0, 0.1) is 5.92 Å². The van der Waals surface area contributed by atoms with Crippen molar-refractivity contribution in [2.75, 3.05) is 39.6 Å². The van der Waals surface area contributed by atoms with Gasteiger partial charge in [0, 0.05) is 19.6 Å². The molecule has 0 unspecified atom stereocenters. The fraction of sp³-hybridized carbons (Fsp3) is 0.579. The molecule has 1 aromatic rings. The molecule has 1 aliphatic rings. The Hall–Kier alpha value is -1.57. The molecular weight excluding hydrogens is 352 g/mol. The summed E-state index contributed by atoms with van der Waals surface area (Å²) in [7, 11) is -1.43. The van der Waals surface area contributed by atoms with Crippen molar-refractivity contribution in [2.45, 2.75) is 26.3 Å². The van der Waals surface area contributed by atoms with E-state index in [0.29, 0.717) is 31.4 Å². The van der Waals surface area contributed by atoms with Gasteiger partial charge in [0.15, 0.2) is 11.5 Å². The number of sulfonamides is 1. The van der Waals surface area contributed by atoms with Gasteiger partial charge in [0.25, 0.3) is 0 Å². The number of nitrogens with zero attached hydrogens (tertiary/aromatic N) is 1. The Morgan fingerprint density at radius 2 is 2.00 bits per heavy atom. The van der Waals surface area contributed by atoms with Crippen LogP contribution >= 0.6 is 0 Å². The third-order valence-electron chi connectivity index (χ3n) is 4.51. The van der Waals surface area contributed by atoms with Gasteiger partial charge >= 0.3 is 0 Å². The Morgan fingerprint density at radius 3 is 2.58 bits per heavy atom. The molecule has 0 aliphatic carbocycles. The largest absolute Gasteiger partial charge is 0.493 e. The van der Waals surface area contributed by atoms with Gasteiger partial charge in [-0.25, -0.2) is 12.7 Å². The molecule has 0 atom stereocenters. The van der Waals surface area contributed by atoms with Crippen LogP contribution in [0.25, 0.3) is 0 Å². The zero-order valence-corrected chi connectivity index (χ0v) is 16.8. The summed E-state index contributed by atoms with van der Waals surface area (Å²) in [5.41, 5.74) is 2.08. The summed E-state index contributed by atoms with van der Waals surface area (Å²) in [6, 6.07) is 5.92. The molecule has 1 heterocycles. The molecule has 2 rings (SSSR count). The van der Waals surface area contributed by atoms with Crippen molar-refractivity contribution in [1.29, 1.82) is 0 Å². The maximum absolute atomic E-state index is 11.6. The SMILES string of the molecule is C=C(C)COc1cc(CNCC2CCN(S(C)(=O)=O)CC2)ccc1OC. The fourth-order valence-electron chi connectivity index (χ4n) is 3.01. The van der Waals surface area contributed by atoms with Crippen LogP contribution in [0.1, 0.15) is 25.3 Å². The lowest BCUT2D eigenvalue weighted by Crippen LogP contribution is -2.40. The van der Waals surface area contributed by atoms with E-state index >= 15 is 0 Å². The van der Waals surface area contributed by atoms with Gasteiger partial charge in [0.1, 0.15) is 6.61 Å². The summed E-state index contributed by atoms with van der Waals surface area (Å²) in [6.07, 6.45) is 3.08.